The SMILES string of the molecule is CN(CC(=O)NOCc1ccccc1)S(=O)(=O)c1ccc(F)cc1. The standard InChI is InChI=1S/C16H17FN2O4S/c1-19(24(21,22)15-9-7-14(17)8-10-15)11-16(20)18-23-12-13-5-3-2-4-6-13/h2-10H,11-12H2,1H3,(H,18,20). The van der Waals surface area contributed by atoms with Crippen molar-refractivity contribution in [2.24, 2.45) is 0 Å². The highest BCUT2D eigenvalue weighted by Crippen LogP contribution is 2.14. The quantitative estimate of drug-likeness (QED) is 0.770. The molecule has 0 aliphatic rings. The smallest absolute Gasteiger partial charge is 0.258 e. The lowest BCUT2D eigenvalue weighted by Gasteiger charge is -2.16. The fourth-order valence-corrected chi connectivity index (χ4v) is 3.01. The minimum Gasteiger partial charge on any atom is -0.271 e. The third kappa shape index (κ3) is 4.85. The van der Waals surface area contributed by atoms with E-state index in [0.29, 0.717) is 0 Å². The maximum absolute atomic E-state index is 12.9. The van der Waals surface area contributed by atoms with E-state index in [4.69, 9.17) is 4.84 Å². The Balaban J connectivity index is 1.87. The molecule has 1 N–H and O–H groups in total. The molecule has 2 rings (SSSR count). The Morgan fingerprint density at radius 2 is 1.75 bits per heavy atom. The van der Waals surface area contributed by atoms with Gasteiger partial charge in [0.1, 0.15) is 5.82 Å². The lowest BCUT2D eigenvalue weighted by molar-refractivity contribution is -0.134. The van der Waals surface area contributed by atoms with Crippen molar-refractivity contribution >= 4 is 15.9 Å². The molecule has 0 atom stereocenters. The summed E-state index contributed by atoms with van der Waals surface area (Å²) in [6, 6.07) is 13.6. The Bertz CT molecular complexity index is 779. The van der Waals surface area contributed by atoms with Crippen LogP contribution in [0.5, 0.6) is 0 Å². The molecule has 0 unspecified atom stereocenters. The molecule has 0 radical (unpaired) electrons. The van der Waals surface area contributed by atoms with Crippen molar-refractivity contribution in [2.45, 2.75) is 11.5 Å². The van der Waals surface area contributed by atoms with Gasteiger partial charge in [0.15, 0.2) is 0 Å². The van der Waals surface area contributed by atoms with Crippen LogP contribution in [-0.2, 0) is 26.3 Å². The van der Waals surface area contributed by atoms with Gasteiger partial charge in [-0.3, -0.25) is 9.63 Å². The van der Waals surface area contributed by atoms with E-state index in [1.165, 1.54) is 7.05 Å². The third-order valence-corrected chi connectivity index (χ3v) is 4.97. The number of hydrogen-bond acceptors (Lipinski definition) is 4. The Morgan fingerprint density at radius 1 is 1.12 bits per heavy atom. The molecule has 0 aromatic heterocycles. The minimum atomic E-state index is -3.88. The molecule has 8 heteroatoms. The van der Waals surface area contributed by atoms with Crippen LogP contribution in [-0.4, -0.2) is 32.2 Å². The second-order valence-corrected chi connectivity index (χ2v) is 7.06. The number of hydroxylamine groups is 1. The summed E-state index contributed by atoms with van der Waals surface area (Å²) < 4.78 is 38.3. The number of likely N-dealkylation sites (N-methyl/N-ethyl adjacent to an activating group) is 1. The molecular weight excluding hydrogens is 335 g/mol. The molecule has 0 fully saturated rings. The topological polar surface area (TPSA) is 75.7 Å². The number of rotatable bonds is 7. The predicted octanol–water partition coefficient (Wildman–Crippen LogP) is 1.69. The summed E-state index contributed by atoms with van der Waals surface area (Å²) in [7, 11) is -2.62. The highest BCUT2D eigenvalue weighted by molar-refractivity contribution is 7.89. The van der Waals surface area contributed by atoms with Gasteiger partial charge < -0.3 is 0 Å². The second kappa shape index (κ2) is 8.00. The molecule has 0 aliphatic carbocycles. The van der Waals surface area contributed by atoms with Gasteiger partial charge in [-0.1, -0.05) is 30.3 Å². The van der Waals surface area contributed by atoms with Crippen LogP contribution in [0, 0.1) is 5.82 Å². The lowest BCUT2D eigenvalue weighted by atomic mass is 10.2. The van der Waals surface area contributed by atoms with Crippen molar-refractivity contribution in [1.82, 2.24) is 9.79 Å². The fraction of sp³-hybridized carbons (Fsp3) is 0.188. The van der Waals surface area contributed by atoms with Gasteiger partial charge in [-0.15, -0.1) is 0 Å². The third-order valence-electron chi connectivity index (χ3n) is 3.16. The monoisotopic (exact) mass is 352 g/mol. The number of carbonyl (C=O) groups is 1. The maximum atomic E-state index is 12.9. The van der Waals surface area contributed by atoms with Crippen molar-refractivity contribution in [3.8, 4) is 0 Å². The van der Waals surface area contributed by atoms with Crippen molar-refractivity contribution < 1.29 is 22.4 Å². The Kier molecular flexibility index (Phi) is 6.02. The molecule has 2 aromatic carbocycles. The van der Waals surface area contributed by atoms with E-state index in [9.17, 15) is 17.6 Å². The zero-order valence-electron chi connectivity index (χ0n) is 13.0. The fourth-order valence-electron chi connectivity index (χ4n) is 1.88. The van der Waals surface area contributed by atoms with Crippen LogP contribution in [0.2, 0.25) is 0 Å². The Hall–Kier alpha value is -2.29. The summed E-state index contributed by atoms with van der Waals surface area (Å²) in [5, 5.41) is 0. The van der Waals surface area contributed by atoms with E-state index >= 15 is 0 Å². The van der Waals surface area contributed by atoms with E-state index in [0.717, 1.165) is 34.1 Å². The second-order valence-electron chi connectivity index (χ2n) is 5.01. The predicted molar refractivity (Wildman–Crippen MR) is 85.6 cm³/mol. The number of halogens is 1. The van der Waals surface area contributed by atoms with Crippen molar-refractivity contribution in [3.05, 3.63) is 66.0 Å². The van der Waals surface area contributed by atoms with Gasteiger partial charge in [-0.2, -0.15) is 4.31 Å². The molecular formula is C16H17FN2O4S. The van der Waals surface area contributed by atoms with Crippen LogP contribution < -0.4 is 5.48 Å². The van der Waals surface area contributed by atoms with Crippen LogP contribution in [0.1, 0.15) is 5.56 Å². The van der Waals surface area contributed by atoms with Gasteiger partial charge >= 0.3 is 0 Å². The molecule has 2 aromatic rings. The number of nitrogens with zero attached hydrogens (tertiary/aromatic N) is 1. The first-order chi connectivity index (χ1) is 11.4. The number of hydrogen-bond donors (Lipinski definition) is 1. The Morgan fingerprint density at radius 3 is 2.38 bits per heavy atom. The average molecular weight is 352 g/mol. The van der Waals surface area contributed by atoms with Gasteiger partial charge in [-0.25, -0.2) is 18.3 Å². The number of benzene rings is 2. The molecule has 0 bridgehead atoms. The van der Waals surface area contributed by atoms with E-state index < -0.39 is 28.3 Å². The van der Waals surface area contributed by atoms with Crippen LogP contribution in [0.3, 0.4) is 0 Å². The molecule has 128 valence electrons. The highest BCUT2D eigenvalue weighted by Gasteiger charge is 2.23. The summed E-state index contributed by atoms with van der Waals surface area (Å²) in [6.07, 6.45) is 0. The van der Waals surface area contributed by atoms with Crippen molar-refractivity contribution in [2.75, 3.05) is 13.6 Å². The van der Waals surface area contributed by atoms with Gasteiger partial charge in [0, 0.05) is 7.05 Å². The zero-order chi connectivity index (χ0) is 17.6. The van der Waals surface area contributed by atoms with E-state index in [1.807, 2.05) is 30.3 Å². The largest absolute Gasteiger partial charge is 0.271 e. The normalized spacial score (nSPS) is 11.5. The first-order valence-electron chi connectivity index (χ1n) is 7.06. The molecule has 0 aliphatic heterocycles. The van der Waals surface area contributed by atoms with Crippen LogP contribution in [0.25, 0.3) is 0 Å². The summed E-state index contributed by atoms with van der Waals surface area (Å²) in [5.41, 5.74) is 3.06. The molecule has 0 saturated heterocycles. The highest BCUT2D eigenvalue weighted by atomic mass is 32.2. The molecule has 0 spiro atoms. The maximum Gasteiger partial charge on any atom is 0.258 e. The van der Waals surface area contributed by atoms with Gasteiger partial charge in [0.2, 0.25) is 10.0 Å². The minimum absolute atomic E-state index is 0.0931. The van der Waals surface area contributed by atoms with E-state index in [1.54, 1.807) is 0 Å². The van der Waals surface area contributed by atoms with Crippen molar-refractivity contribution in [3.63, 3.8) is 0 Å². The van der Waals surface area contributed by atoms with Crippen LogP contribution >= 0.6 is 0 Å². The van der Waals surface area contributed by atoms with E-state index in [2.05, 4.69) is 5.48 Å². The molecule has 0 heterocycles. The van der Waals surface area contributed by atoms with Crippen LogP contribution in [0.4, 0.5) is 4.39 Å². The molecule has 1 amide bonds. The van der Waals surface area contributed by atoms with Crippen LogP contribution in [0.15, 0.2) is 59.5 Å². The first-order valence-corrected chi connectivity index (χ1v) is 8.50. The van der Waals surface area contributed by atoms with E-state index in [-0.39, 0.29) is 11.5 Å². The number of carbonyl (C=O) groups excluding carboxylic acids is 1. The van der Waals surface area contributed by atoms with Gasteiger partial charge in [0.25, 0.3) is 5.91 Å². The number of sulfonamides is 1. The summed E-state index contributed by atoms with van der Waals surface area (Å²) in [4.78, 5) is 16.7. The zero-order valence-corrected chi connectivity index (χ0v) is 13.8. The molecule has 24 heavy (non-hydrogen) atoms. The van der Waals surface area contributed by atoms with Crippen molar-refractivity contribution in [1.29, 1.82) is 0 Å². The Labute approximate surface area is 139 Å². The average Bonchev–Trinajstić information content (AvgIpc) is 2.56. The number of nitrogens with one attached hydrogen (secondary N) is 1. The van der Waals surface area contributed by atoms with Gasteiger partial charge in [0.05, 0.1) is 18.0 Å². The van der Waals surface area contributed by atoms with Gasteiger partial charge in [-0.05, 0) is 29.8 Å². The summed E-state index contributed by atoms with van der Waals surface area (Å²) >= 11 is 0. The number of amides is 1. The lowest BCUT2D eigenvalue weighted by Crippen LogP contribution is -2.38. The first kappa shape index (κ1) is 18.1. The molecule has 6 nitrogen and oxygen atoms in total. The summed E-state index contributed by atoms with van der Waals surface area (Å²) in [6.45, 7) is -0.254. The summed E-state index contributed by atoms with van der Waals surface area (Å²) in [5.74, 6) is -1.15. The molecule has 0 saturated carbocycles.